The Kier molecular flexibility index (Phi) is 8.54. The summed E-state index contributed by atoms with van der Waals surface area (Å²) in [6.07, 6.45) is 7.93. The van der Waals surface area contributed by atoms with Gasteiger partial charge in [-0.3, -0.25) is 19.3 Å². The highest BCUT2D eigenvalue weighted by atomic mass is 16.2. The number of rotatable bonds is 5. The Labute approximate surface area is 181 Å². The molecule has 3 saturated heterocycles. The largest absolute Gasteiger partial charge is 0.354 e. The lowest BCUT2D eigenvalue weighted by atomic mass is 9.94. The number of piperidine rings is 2. The second kappa shape index (κ2) is 11.1. The van der Waals surface area contributed by atoms with Crippen LogP contribution in [0.1, 0.15) is 65.2 Å². The number of likely N-dealkylation sites (tertiary alicyclic amines) is 3. The molecule has 3 aliphatic heterocycles. The molecule has 0 spiro atoms. The lowest BCUT2D eigenvalue weighted by Crippen LogP contribution is -2.49. The van der Waals surface area contributed by atoms with Crippen molar-refractivity contribution in [2.24, 2.45) is 11.8 Å². The summed E-state index contributed by atoms with van der Waals surface area (Å²) in [5.74, 6) is 0.778. The normalized spacial score (nSPS) is 22.8. The van der Waals surface area contributed by atoms with Crippen molar-refractivity contribution in [1.29, 1.82) is 0 Å². The average Bonchev–Trinajstić information content (AvgIpc) is 3.03. The van der Waals surface area contributed by atoms with Crippen molar-refractivity contribution in [3.05, 3.63) is 0 Å². The summed E-state index contributed by atoms with van der Waals surface area (Å²) in [5.41, 5.74) is 0. The van der Waals surface area contributed by atoms with E-state index in [9.17, 15) is 14.4 Å². The Hall–Kier alpha value is -1.63. The van der Waals surface area contributed by atoms with E-state index in [-0.39, 0.29) is 29.7 Å². The summed E-state index contributed by atoms with van der Waals surface area (Å²) in [5, 5.41) is 3.00. The van der Waals surface area contributed by atoms with Crippen LogP contribution >= 0.6 is 0 Å². The van der Waals surface area contributed by atoms with Gasteiger partial charge in [0.2, 0.25) is 17.7 Å². The molecular formula is C23H40N4O3. The van der Waals surface area contributed by atoms with Crippen molar-refractivity contribution in [3.8, 4) is 0 Å². The summed E-state index contributed by atoms with van der Waals surface area (Å²) >= 11 is 0. The van der Waals surface area contributed by atoms with Gasteiger partial charge < -0.3 is 15.1 Å². The number of nitrogens with zero attached hydrogens (tertiary/aromatic N) is 3. The molecule has 0 unspecified atom stereocenters. The van der Waals surface area contributed by atoms with Gasteiger partial charge in [-0.15, -0.1) is 0 Å². The van der Waals surface area contributed by atoms with E-state index in [1.807, 2.05) is 18.7 Å². The van der Waals surface area contributed by atoms with Crippen molar-refractivity contribution in [2.45, 2.75) is 71.3 Å². The van der Waals surface area contributed by atoms with Crippen LogP contribution in [0.25, 0.3) is 0 Å². The molecule has 0 aromatic carbocycles. The Morgan fingerprint density at radius 1 is 0.767 bits per heavy atom. The second-order valence-corrected chi connectivity index (χ2v) is 9.61. The average molecular weight is 421 g/mol. The van der Waals surface area contributed by atoms with Crippen LogP contribution in [0.5, 0.6) is 0 Å². The van der Waals surface area contributed by atoms with Gasteiger partial charge >= 0.3 is 0 Å². The first-order valence-electron chi connectivity index (χ1n) is 12.0. The Morgan fingerprint density at radius 3 is 1.90 bits per heavy atom. The molecule has 3 rings (SSSR count). The maximum atomic E-state index is 12.8. The molecule has 0 aromatic heterocycles. The highest BCUT2D eigenvalue weighted by Crippen LogP contribution is 2.23. The van der Waals surface area contributed by atoms with E-state index in [1.54, 1.807) is 0 Å². The zero-order chi connectivity index (χ0) is 21.5. The van der Waals surface area contributed by atoms with Crippen LogP contribution in [0.15, 0.2) is 0 Å². The molecule has 1 N–H and O–H groups in total. The molecule has 3 heterocycles. The summed E-state index contributed by atoms with van der Waals surface area (Å²) in [6.45, 7) is 9.19. The number of carbonyl (C=O) groups is 3. The maximum Gasteiger partial charge on any atom is 0.236 e. The van der Waals surface area contributed by atoms with Gasteiger partial charge in [0.15, 0.2) is 0 Å². The summed E-state index contributed by atoms with van der Waals surface area (Å²) in [6, 6.07) is 0.172. The van der Waals surface area contributed by atoms with Crippen molar-refractivity contribution in [2.75, 3.05) is 45.8 Å². The first kappa shape index (κ1) is 23.0. The second-order valence-electron chi connectivity index (χ2n) is 9.61. The number of hydrogen-bond acceptors (Lipinski definition) is 4. The highest BCUT2D eigenvalue weighted by molar-refractivity contribution is 5.81. The third kappa shape index (κ3) is 6.43. The molecule has 0 bridgehead atoms. The van der Waals surface area contributed by atoms with Gasteiger partial charge in [-0.2, -0.15) is 0 Å². The summed E-state index contributed by atoms with van der Waals surface area (Å²) in [7, 11) is 0. The van der Waals surface area contributed by atoms with E-state index in [0.29, 0.717) is 25.5 Å². The first-order valence-corrected chi connectivity index (χ1v) is 12.0. The fraction of sp³-hybridized carbons (Fsp3) is 0.870. The predicted molar refractivity (Wildman–Crippen MR) is 117 cm³/mol. The van der Waals surface area contributed by atoms with Crippen LogP contribution < -0.4 is 5.32 Å². The SMILES string of the molecule is CC(C)NC(=O)C1CCN(CC(=O)N2CCC(C(=O)N3CCCCCC3)CC2)CC1. The fourth-order valence-electron chi connectivity index (χ4n) is 4.97. The van der Waals surface area contributed by atoms with Crippen LogP contribution in [0.3, 0.4) is 0 Å². The van der Waals surface area contributed by atoms with Gasteiger partial charge in [0.1, 0.15) is 0 Å². The number of amides is 3. The van der Waals surface area contributed by atoms with Crippen molar-refractivity contribution >= 4 is 17.7 Å². The zero-order valence-electron chi connectivity index (χ0n) is 18.9. The molecule has 30 heavy (non-hydrogen) atoms. The van der Waals surface area contributed by atoms with Gasteiger partial charge in [-0.1, -0.05) is 12.8 Å². The van der Waals surface area contributed by atoms with Crippen LogP contribution in [0, 0.1) is 11.8 Å². The quantitative estimate of drug-likeness (QED) is 0.737. The van der Waals surface area contributed by atoms with Crippen LogP contribution in [-0.4, -0.2) is 84.3 Å². The molecule has 0 saturated carbocycles. The Morgan fingerprint density at radius 2 is 1.33 bits per heavy atom. The third-order valence-electron chi connectivity index (χ3n) is 6.86. The predicted octanol–water partition coefficient (Wildman–Crippen LogP) is 1.86. The first-order chi connectivity index (χ1) is 14.4. The molecule has 7 heteroatoms. The fourth-order valence-corrected chi connectivity index (χ4v) is 4.97. The number of carbonyl (C=O) groups excluding carboxylic acids is 3. The van der Waals surface area contributed by atoms with Crippen molar-refractivity contribution < 1.29 is 14.4 Å². The van der Waals surface area contributed by atoms with Crippen LogP contribution in [-0.2, 0) is 14.4 Å². The smallest absolute Gasteiger partial charge is 0.236 e. The minimum Gasteiger partial charge on any atom is -0.354 e. The Bertz CT molecular complexity index is 585. The van der Waals surface area contributed by atoms with Crippen molar-refractivity contribution in [1.82, 2.24) is 20.0 Å². The molecule has 0 atom stereocenters. The molecule has 3 aliphatic rings. The summed E-state index contributed by atoms with van der Waals surface area (Å²) < 4.78 is 0. The van der Waals surface area contributed by atoms with Gasteiger partial charge in [0.25, 0.3) is 0 Å². The molecular weight excluding hydrogens is 380 g/mol. The van der Waals surface area contributed by atoms with Crippen LogP contribution in [0.2, 0.25) is 0 Å². The monoisotopic (exact) mass is 420 g/mol. The topological polar surface area (TPSA) is 73.0 Å². The van der Waals surface area contributed by atoms with E-state index in [1.165, 1.54) is 12.8 Å². The minimum atomic E-state index is 0.0690. The lowest BCUT2D eigenvalue weighted by molar-refractivity contribution is -0.141. The van der Waals surface area contributed by atoms with Gasteiger partial charge in [0, 0.05) is 44.1 Å². The standard InChI is InChI=1S/C23H40N4O3/c1-18(2)24-22(29)19-7-13-25(14-8-19)17-21(28)26-15-9-20(10-16-26)23(30)27-11-5-3-4-6-12-27/h18-20H,3-17H2,1-2H3,(H,24,29). The van der Waals surface area contributed by atoms with E-state index < -0.39 is 0 Å². The van der Waals surface area contributed by atoms with E-state index in [4.69, 9.17) is 0 Å². The number of hydrogen-bond donors (Lipinski definition) is 1. The van der Waals surface area contributed by atoms with E-state index in [0.717, 1.165) is 64.7 Å². The van der Waals surface area contributed by atoms with Crippen LogP contribution in [0.4, 0.5) is 0 Å². The molecule has 170 valence electrons. The molecule has 0 aliphatic carbocycles. The maximum absolute atomic E-state index is 12.8. The Balaban J connectivity index is 1.37. The highest BCUT2D eigenvalue weighted by Gasteiger charge is 2.32. The molecule has 0 radical (unpaired) electrons. The summed E-state index contributed by atoms with van der Waals surface area (Å²) in [4.78, 5) is 43.9. The van der Waals surface area contributed by atoms with E-state index in [2.05, 4.69) is 15.1 Å². The number of nitrogens with one attached hydrogen (secondary N) is 1. The third-order valence-corrected chi connectivity index (χ3v) is 6.86. The molecule has 3 fully saturated rings. The minimum absolute atomic E-state index is 0.0690. The zero-order valence-corrected chi connectivity index (χ0v) is 18.9. The van der Waals surface area contributed by atoms with E-state index >= 15 is 0 Å². The van der Waals surface area contributed by atoms with Gasteiger partial charge in [-0.25, -0.2) is 0 Å². The lowest BCUT2D eigenvalue weighted by Gasteiger charge is -2.36. The molecule has 0 aromatic rings. The van der Waals surface area contributed by atoms with Gasteiger partial charge in [0.05, 0.1) is 6.54 Å². The molecule has 7 nitrogen and oxygen atoms in total. The van der Waals surface area contributed by atoms with Crippen molar-refractivity contribution in [3.63, 3.8) is 0 Å². The van der Waals surface area contributed by atoms with Gasteiger partial charge in [-0.05, 0) is 65.5 Å². The molecule has 3 amide bonds.